The van der Waals surface area contributed by atoms with Crippen LogP contribution in [0.15, 0.2) is 40.8 Å². The minimum Gasteiger partial charge on any atom is -0.327 e. The highest BCUT2D eigenvalue weighted by atomic mass is 32.2. The summed E-state index contributed by atoms with van der Waals surface area (Å²) in [4.78, 5) is 12.9. The highest BCUT2D eigenvalue weighted by molar-refractivity contribution is 7.88. The molecular weight excluding hydrogens is 242 g/mol. The molecule has 1 aliphatic heterocycles. The van der Waals surface area contributed by atoms with E-state index >= 15 is 0 Å². The smallest absolute Gasteiger partial charge is 0.266 e. The molecule has 1 aliphatic rings. The summed E-state index contributed by atoms with van der Waals surface area (Å²) in [7, 11) is -1.25. The first-order valence-corrected chi connectivity index (χ1v) is 6.70. The molecule has 2 heterocycles. The van der Waals surface area contributed by atoms with E-state index in [-0.39, 0.29) is 5.91 Å². The highest BCUT2D eigenvalue weighted by Gasteiger charge is 2.22. The number of thiophene rings is 1. The molecule has 0 fully saturated rings. The van der Waals surface area contributed by atoms with Crippen molar-refractivity contribution in [1.29, 1.82) is 0 Å². The van der Waals surface area contributed by atoms with Crippen LogP contribution in [0.1, 0.15) is 9.67 Å². The van der Waals surface area contributed by atoms with E-state index in [1.54, 1.807) is 0 Å². The van der Waals surface area contributed by atoms with Gasteiger partial charge in [0.25, 0.3) is 5.91 Å². The fourth-order valence-electron chi connectivity index (χ4n) is 1.68. The Morgan fingerprint density at radius 1 is 1.25 bits per heavy atom. The molecule has 1 aromatic heterocycles. The molecule has 0 bridgehead atoms. The van der Waals surface area contributed by atoms with Gasteiger partial charge in [-0.2, -0.15) is 0 Å². The van der Waals surface area contributed by atoms with Crippen molar-refractivity contribution in [3.05, 3.63) is 40.8 Å². The van der Waals surface area contributed by atoms with Crippen LogP contribution in [-0.2, 0) is 10.8 Å². The standard InChI is InChI=1S/C11H7NO2S2/c13-11-9-10(16(14)6-5-12-11)7-3-1-2-4-8(7)15-9/h1-6H,(H,12,13). The summed E-state index contributed by atoms with van der Waals surface area (Å²) in [5.41, 5.74) is 0. The number of hydrogen-bond acceptors (Lipinski definition) is 3. The summed E-state index contributed by atoms with van der Waals surface area (Å²) in [5, 5.41) is 5.00. The maximum atomic E-state index is 12.0. The molecule has 16 heavy (non-hydrogen) atoms. The van der Waals surface area contributed by atoms with Crippen molar-refractivity contribution in [2.24, 2.45) is 0 Å². The third-order valence-corrected chi connectivity index (χ3v) is 4.87. The lowest BCUT2D eigenvalue weighted by molar-refractivity contribution is 0.0972. The van der Waals surface area contributed by atoms with E-state index < -0.39 is 10.8 Å². The SMILES string of the molecule is O=C1NC=CS(=O)c2c1sc1ccccc21. The molecule has 1 unspecified atom stereocenters. The van der Waals surface area contributed by atoms with Crippen molar-refractivity contribution >= 4 is 38.1 Å². The van der Waals surface area contributed by atoms with Gasteiger partial charge in [-0.15, -0.1) is 11.3 Å². The molecule has 1 amide bonds. The Morgan fingerprint density at radius 2 is 2.06 bits per heavy atom. The predicted octanol–water partition coefficient (Wildman–Crippen LogP) is 2.22. The molecule has 3 nitrogen and oxygen atoms in total. The average molecular weight is 249 g/mol. The van der Waals surface area contributed by atoms with Crippen LogP contribution >= 0.6 is 11.3 Å². The topological polar surface area (TPSA) is 46.2 Å². The minimum absolute atomic E-state index is 0.182. The van der Waals surface area contributed by atoms with Crippen LogP contribution in [0.5, 0.6) is 0 Å². The summed E-state index contributed by atoms with van der Waals surface area (Å²) in [6, 6.07) is 7.63. The third-order valence-electron chi connectivity index (χ3n) is 2.36. The van der Waals surface area contributed by atoms with Gasteiger partial charge in [0.05, 0.1) is 15.7 Å². The van der Waals surface area contributed by atoms with Crippen LogP contribution in [0.3, 0.4) is 0 Å². The van der Waals surface area contributed by atoms with E-state index in [0.717, 1.165) is 10.1 Å². The monoisotopic (exact) mass is 249 g/mol. The Morgan fingerprint density at radius 3 is 2.94 bits per heavy atom. The van der Waals surface area contributed by atoms with Gasteiger partial charge >= 0.3 is 0 Å². The molecular formula is C11H7NO2S2. The Labute approximate surface area is 98.2 Å². The molecule has 0 spiro atoms. The Kier molecular flexibility index (Phi) is 2.15. The zero-order chi connectivity index (χ0) is 11.1. The van der Waals surface area contributed by atoms with Crippen molar-refractivity contribution < 1.29 is 9.00 Å². The van der Waals surface area contributed by atoms with Gasteiger partial charge < -0.3 is 5.32 Å². The maximum absolute atomic E-state index is 12.0. The minimum atomic E-state index is -1.25. The first kappa shape index (κ1) is 9.74. The van der Waals surface area contributed by atoms with Crippen molar-refractivity contribution in [3.8, 4) is 0 Å². The molecule has 2 aromatic rings. The molecule has 1 aromatic carbocycles. The van der Waals surface area contributed by atoms with Crippen LogP contribution in [-0.4, -0.2) is 10.1 Å². The molecule has 0 saturated carbocycles. The quantitative estimate of drug-likeness (QED) is 0.778. The van der Waals surface area contributed by atoms with Gasteiger partial charge in [-0.25, -0.2) is 4.21 Å². The van der Waals surface area contributed by atoms with Crippen LogP contribution in [0, 0.1) is 0 Å². The Bertz CT molecular complexity index is 642. The average Bonchev–Trinajstić information content (AvgIpc) is 2.61. The van der Waals surface area contributed by atoms with Gasteiger partial charge in [0.1, 0.15) is 4.88 Å². The lowest BCUT2D eigenvalue weighted by Gasteiger charge is -1.95. The second-order valence-corrected chi connectivity index (χ2v) is 5.66. The van der Waals surface area contributed by atoms with E-state index in [1.165, 1.54) is 22.9 Å². The number of carbonyl (C=O) groups excluding carboxylic acids is 1. The number of carbonyl (C=O) groups is 1. The summed E-state index contributed by atoms with van der Waals surface area (Å²) in [6.07, 6.45) is 1.44. The zero-order valence-electron chi connectivity index (χ0n) is 8.10. The maximum Gasteiger partial charge on any atom is 0.266 e. The van der Waals surface area contributed by atoms with E-state index in [2.05, 4.69) is 5.32 Å². The molecule has 0 radical (unpaired) electrons. The Balaban J connectivity index is 2.43. The van der Waals surface area contributed by atoms with Crippen LogP contribution in [0.4, 0.5) is 0 Å². The van der Waals surface area contributed by atoms with E-state index in [4.69, 9.17) is 0 Å². The van der Waals surface area contributed by atoms with Crippen LogP contribution in [0.25, 0.3) is 10.1 Å². The van der Waals surface area contributed by atoms with Gasteiger partial charge in [-0.1, -0.05) is 18.2 Å². The lowest BCUT2D eigenvalue weighted by Crippen LogP contribution is -2.14. The largest absolute Gasteiger partial charge is 0.327 e. The number of benzene rings is 1. The van der Waals surface area contributed by atoms with Gasteiger partial charge in [0.15, 0.2) is 0 Å². The van der Waals surface area contributed by atoms with Gasteiger partial charge in [-0.05, 0) is 6.07 Å². The number of fused-ring (bicyclic) bond motifs is 3. The Hall–Kier alpha value is -1.46. The van der Waals surface area contributed by atoms with Crippen LogP contribution < -0.4 is 5.32 Å². The summed E-state index contributed by atoms with van der Waals surface area (Å²) >= 11 is 1.38. The van der Waals surface area contributed by atoms with E-state index in [0.29, 0.717) is 9.77 Å². The first-order chi connectivity index (χ1) is 7.77. The third kappa shape index (κ3) is 1.32. The van der Waals surface area contributed by atoms with E-state index in [9.17, 15) is 9.00 Å². The van der Waals surface area contributed by atoms with Crippen molar-refractivity contribution in [2.45, 2.75) is 4.90 Å². The van der Waals surface area contributed by atoms with Crippen LogP contribution in [0.2, 0.25) is 0 Å². The first-order valence-electron chi connectivity index (χ1n) is 4.67. The van der Waals surface area contributed by atoms with Crippen molar-refractivity contribution in [3.63, 3.8) is 0 Å². The number of rotatable bonds is 0. The van der Waals surface area contributed by atoms with Crippen molar-refractivity contribution in [2.75, 3.05) is 0 Å². The predicted molar refractivity (Wildman–Crippen MR) is 64.8 cm³/mol. The van der Waals surface area contributed by atoms with Crippen molar-refractivity contribution in [1.82, 2.24) is 5.32 Å². The number of nitrogens with one attached hydrogen (secondary N) is 1. The molecule has 3 rings (SSSR count). The second kappa shape index (κ2) is 3.54. The molecule has 80 valence electrons. The zero-order valence-corrected chi connectivity index (χ0v) is 9.73. The molecule has 0 saturated heterocycles. The fourth-order valence-corrected chi connectivity index (χ4v) is 4.11. The molecule has 1 N–H and O–H groups in total. The summed E-state index contributed by atoms with van der Waals surface area (Å²) in [5.74, 6) is -0.182. The number of amides is 1. The molecule has 0 aliphatic carbocycles. The summed E-state index contributed by atoms with van der Waals surface area (Å²) in [6.45, 7) is 0. The highest BCUT2D eigenvalue weighted by Crippen LogP contribution is 2.34. The normalized spacial score (nSPS) is 19.2. The molecule has 1 atom stereocenters. The van der Waals surface area contributed by atoms with Gasteiger partial charge in [0.2, 0.25) is 0 Å². The van der Waals surface area contributed by atoms with Gasteiger partial charge in [-0.3, -0.25) is 4.79 Å². The molecule has 5 heteroatoms. The van der Waals surface area contributed by atoms with E-state index in [1.807, 2.05) is 24.3 Å². The fraction of sp³-hybridized carbons (Fsp3) is 0. The lowest BCUT2D eigenvalue weighted by atomic mass is 10.2. The summed E-state index contributed by atoms with van der Waals surface area (Å²) < 4.78 is 13.0. The number of hydrogen-bond donors (Lipinski definition) is 1. The van der Waals surface area contributed by atoms with Gasteiger partial charge in [0, 0.05) is 21.7 Å². The second-order valence-electron chi connectivity index (χ2n) is 3.33.